The molecule has 0 radical (unpaired) electrons. The third-order valence-corrected chi connectivity index (χ3v) is 4.55. The molecule has 1 aromatic rings. The number of nitrogens with zero attached hydrogens (tertiary/aromatic N) is 1. The molecule has 21 heavy (non-hydrogen) atoms. The van der Waals surface area contributed by atoms with Crippen LogP contribution in [0, 0.1) is 16.7 Å². The zero-order valence-electron chi connectivity index (χ0n) is 11.9. The lowest BCUT2D eigenvalue weighted by atomic mass is 9.80. The van der Waals surface area contributed by atoms with E-state index in [2.05, 4.69) is 5.32 Å². The lowest BCUT2D eigenvalue weighted by Gasteiger charge is -2.28. The molecule has 1 aromatic carbocycles. The fraction of sp³-hybridized carbons (Fsp3) is 0.500. The molecule has 0 spiro atoms. The molecule has 0 aliphatic heterocycles. The minimum absolute atomic E-state index is 0.382. The van der Waals surface area contributed by atoms with Crippen LogP contribution in [0.3, 0.4) is 0 Å². The van der Waals surface area contributed by atoms with Gasteiger partial charge in [-0.3, -0.25) is 4.79 Å². The second kappa shape index (κ2) is 6.82. The Morgan fingerprint density at radius 3 is 2.52 bits per heavy atom. The first-order valence-corrected chi connectivity index (χ1v) is 7.62. The number of rotatable bonds is 4. The summed E-state index contributed by atoms with van der Waals surface area (Å²) in [5.74, 6) is -0.725. The van der Waals surface area contributed by atoms with Crippen molar-refractivity contribution in [3.05, 3.63) is 28.8 Å². The van der Waals surface area contributed by atoms with E-state index in [0.717, 1.165) is 31.4 Å². The van der Waals surface area contributed by atoms with Crippen LogP contribution < -0.4 is 5.32 Å². The van der Waals surface area contributed by atoms with Crippen molar-refractivity contribution in [1.29, 1.82) is 5.26 Å². The minimum Gasteiger partial charge on any atom is -0.481 e. The molecule has 2 rings (SSSR count). The average Bonchev–Trinajstić information content (AvgIpc) is 2.72. The van der Waals surface area contributed by atoms with Crippen molar-refractivity contribution in [2.75, 3.05) is 11.9 Å². The summed E-state index contributed by atoms with van der Waals surface area (Å²) in [4.78, 5) is 11.7. The number of anilines is 1. The molecular weight excluding hydrogens is 288 g/mol. The Balaban J connectivity index is 2.10. The second-order valence-electron chi connectivity index (χ2n) is 5.66. The smallest absolute Gasteiger partial charge is 0.311 e. The summed E-state index contributed by atoms with van der Waals surface area (Å²) in [7, 11) is 0. The molecule has 1 saturated carbocycles. The van der Waals surface area contributed by atoms with Gasteiger partial charge in [0.05, 0.1) is 16.0 Å². The first kappa shape index (κ1) is 15.7. The number of nitrogens with one attached hydrogen (secondary N) is 1. The van der Waals surface area contributed by atoms with Crippen LogP contribution in [0.1, 0.15) is 44.1 Å². The second-order valence-corrected chi connectivity index (χ2v) is 6.07. The van der Waals surface area contributed by atoms with Crippen LogP contribution in [-0.2, 0) is 4.79 Å². The lowest BCUT2D eigenvalue weighted by Crippen LogP contribution is -2.37. The quantitative estimate of drug-likeness (QED) is 0.823. The lowest BCUT2D eigenvalue weighted by molar-refractivity contribution is -0.149. The normalized spacial score (nSPS) is 17.5. The van der Waals surface area contributed by atoms with Gasteiger partial charge in [-0.05, 0) is 31.0 Å². The van der Waals surface area contributed by atoms with Gasteiger partial charge in [0, 0.05) is 12.2 Å². The van der Waals surface area contributed by atoms with Gasteiger partial charge in [0.25, 0.3) is 0 Å². The van der Waals surface area contributed by atoms with E-state index in [1.165, 1.54) is 0 Å². The first-order valence-electron chi connectivity index (χ1n) is 7.24. The van der Waals surface area contributed by atoms with Crippen LogP contribution in [0.15, 0.2) is 18.2 Å². The van der Waals surface area contributed by atoms with Crippen LogP contribution >= 0.6 is 11.6 Å². The maximum atomic E-state index is 11.7. The van der Waals surface area contributed by atoms with Crippen LogP contribution in [0.4, 0.5) is 5.69 Å². The van der Waals surface area contributed by atoms with E-state index < -0.39 is 11.4 Å². The predicted octanol–water partition coefficient (Wildman–Crippen LogP) is 4.05. The Bertz CT molecular complexity index is 558. The summed E-state index contributed by atoms with van der Waals surface area (Å²) in [6.07, 6.45) is 5.55. The molecule has 0 bridgehead atoms. The Morgan fingerprint density at radius 2 is 2.00 bits per heavy atom. The fourth-order valence-electron chi connectivity index (χ4n) is 2.86. The van der Waals surface area contributed by atoms with E-state index in [4.69, 9.17) is 16.9 Å². The third-order valence-electron chi connectivity index (χ3n) is 4.23. The summed E-state index contributed by atoms with van der Waals surface area (Å²) in [5, 5.41) is 22.0. The summed E-state index contributed by atoms with van der Waals surface area (Å²) in [5.41, 5.74) is 0.477. The SMILES string of the molecule is N#Cc1ccc(NCC2(C(=O)O)CCCCCC2)cc1Cl. The van der Waals surface area contributed by atoms with Crippen LogP contribution in [0.2, 0.25) is 5.02 Å². The minimum atomic E-state index is -0.725. The van der Waals surface area contributed by atoms with Gasteiger partial charge in [-0.15, -0.1) is 0 Å². The summed E-state index contributed by atoms with van der Waals surface area (Å²) >= 11 is 6.00. The van der Waals surface area contributed by atoms with Gasteiger partial charge < -0.3 is 10.4 Å². The van der Waals surface area contributed by atoms with Crippen molar-refractivity contribution >= 4 is 23.3 Å². The zero-order valence-corrected chi connectivity index (χ0v) is 12.6. The highest BCUT2D eigenvalue weighted by Crippen LogP contribution is 2.36. The van der Waals surface area contributed by atoms with Gasteiger partial charge in [-0.25, -0.2) is 0 Å². The van der Waals surface area contributed by atoms with Crippen molar-refractivity contribution in [3.8, 4) is 6.07 Å². The molecular formula is C16H19ClN2O2. The molecule has 5 heteroatoms. The number of benzene rings is 1. The van der Waals surface area contributed by atoms with Crippen LogP contribution in [-0.4, -0.2) is 17.6 Å². The van der Waals surface area contributed by atoms with Crippen LogP contribution in [0.25, 0.3) is 0 Å². The molecule has 0 aromatic heterocycles. The number of halogens is 1. The molecule has 4 nitrogen and oxygen atoms in total. The van der Waals surface area contributed by atoms with Gasteiger partial charge in [0.1, 0.15) is 6.07 Å². The highest BCUT2D eigenvalue weighted by Gasteiger charge is 2.38. The Morgan fingerprint density at radius 1 is 1.33 bits per heavy atom. The van der Waals surface area contributed by atoms with Crippen molar-refractivity contribution in [2.24, 2.45) is 5.41 Å². The maximum absolute atomic E-state index is 11.7. The van der Waals surface area contributed by atoms with Crippen molar-refractivity contribution in [2.45, 2.75) is 38.5 Å². The molecule has 0 saturated heterocycles. The van der Waals surface area contributed by atoms with Crippen molar-refractivity contribution in [1.82, 2.24) is 0 Å². The van der Waals surface area contributed by atoms with Gasteiger partial charge in [0.2, 0.25) is 0 Å². The van der Waals surface area contributed by atoms with Crippen LogP contribution in [0.5, 0.6) is 0 Å². The van der Waals surface area contributed by atoms with Gasteiger partial charge >= 0.3 is 5.97 Å². The van der Waals surface area contributed by atoms with Crippen molar-refractivity contribution in [3.63, 3.8) is 0 Å². The number of carbonyl (C=O) groups is 1. The largest absolute Gasteiger partial charge is 0.481 e. The number of carboxylic acids is 1. The van der Waals surface area contributed by atoms with E-state index >= 15 is 0 Å². The molecule has 2 N–H and O–H groups in total. The van der Waals surface area contributed by atoms with E-state index in [9.17, 15) is 9.90 Å². The number of hydrogen-bond acceptors (Lipinski definition) is 3. The predicted molar refractivity (Wildman–Crippen MR) is 82.4 cm³/mol. The monoisotopic (exact) mass is 306 g/mol. The number of hydrogen-bond donors (Lipinski definition) is 2. The van der Waals surface area contributed by atoms with E-state index in [0.29, 0.717) is 30.0 Å². The molecule has 1 aliphatic rings. The van der Waals surface area contributed by atoms with Gasteiger partial charge in [-0.1, -0.05) is 37.3 Å². The summed E-state index contributed by atoms with van der Waals surface area (Å²) in [6, 6.07) is 7.09. The third kappa shape index (κ3) is 3.68. The van der Waals surface area contributed by atoms with Gasteiger partial charge in [-0.2, -0.15) is 5.26 Å². The van der Waals surface area contributed by atoms with Gasteiger partial charge in [0.15, 0.2) is 0 Å². The van der Waals surface area contributed by atoms with Crippen molar-refractivity contribution < 1.29 is 9.90 Å². The number of carboxylic acid groups (broad SMARTS) is 1. The molecule has 0 unspecified atom stereocenters. The number of aliphatic carboxylic acids is 1. The Hall–Kier alpha value is -1.73. The topological polar surface area (TPSA) is 73.1 Å². The maximum Gasteiger partial charge on any atom is 0.311 e. The van der Waals surface area contributed by atoms with E-state index in [-0.39, 0.29) is 0 Å². The van der Waals surface area contributed by atoms with E-state index in [1.54, 1.807) is 18.2 Å². The Labute approximate surface area is 129 Å². The summed E-state index contributed by atoms with van der Waals surface area (Å²) < 4.78 is 0. The standard InChI is InChI=1S/C16H19ClN2O2/c17-14-9-13(6-5-12(14)10-18)19-11-16(15(20)21)7-3-1-2-4-8-16/h5-6,9,19H,1-4,7-8,11H2,(H,20,21). The number of nitriles is 1. The molecule has 0 atom stereocenters. The highest BCUT2D eigenvalue weighted by atomic mass is 35.5. The zero-order chi connectivity index (χ0) is 15.3. The molecule has 1 fully saturated rings. The average molecular weight is 307 g/mol. The Kier molecular flexibility index (Phi) is 5.08. The van der Waals surface area contributed by atoms with E-state index in [1.807, 2.05) is 6.07 Å². The highest BCUT2D eigenvalue weighted by molar-refractivity contribution is 6.32. The molecule has 112 valence electrons. The molecule has 1 aliphatic carbocycles. The fourth-order valence-corrected chi connectivity index (χ4v) is 3.08. The molecule has 0 heterocycles. The summed E-state index contributed by atoms with van der Waals surface area (Å²) in [6.45, 7) is 0.393. The molecule has 0 amide bonds. The first-order chi connectivity index (χ1) is 10.1.